The van der Waals surface area contributed by atoms with Gasteiger partial charge < -0.3 is 0 Å². The number of hydrogen-bond acceptors (Lipinski definition) is 3. The zero-order valence-electron chi connectivity index (χ0n) is 9.02. The summed E-state index contributed by atoms with van der Waals surface area (Å²) in [6, 6.07) is 7.11. The van der Waals surface area contributed by atoms with Crippen molar-refractivity contribution in [1.29, 1.82) is 0 Å². The van der Waals surface area contributed by atoms with Crippen molar-refractivity contribution in [2.24, 2.45) is 0 Å². The van der Waals surface area contributed by atoms with Crippen molar-refractivity contribution in [3.05, 3.63) is 28.7 Å². The first kappa shape index (κ1) is 13.0. The van der Waals surface area contributed by atoms with E-state index in [1.807, 2.05) is 0 Å². The van der Waals surface area contributed by atoms with Gasteiger partial charge in [-0.1, -0.05) is 15.9 Å². The van der Waals surface area contributed by atoms with Crippen LogP contribution in [-0.2, 0) is 6.54 Å². The van der Waals surface area contributed by atoms with Crippen LogP contribution in [0, 0.1) is 0 Å². The quantitative estimate of drug-likeness (QED) is 0.873. The Labute approximate surface area is 109 Å². The molecule has 0 aliphatic heterocycles. The van der Waals surface area contributed by atoms with E-state index < -0.39 is 12.6 Å². The molecule has 0 unspecified atom stereocenters. The maximum atomic E-state index is 12.0. The summed E-state index contributed by atoms with van der Waals surface area (Å²) < 4.78 is 37.0. The van der Waals surface area contributed by atoms with Crippen LogP contribution in [-0.4, -0.2) is 26.4 Å². The van der Waals surface area contributed by atoms with E-state index in [9.17, 15) is 13.2 Å². The first-order valence-corrected chi connectivity index (χ1v) is 5.84. The number of nitrogens with zero attached hydrogens (tertiary/aromatic N) is 4. The van der Waals surface area contributed by atoms with E-state index >= 15 is 0 Å². The molecule has 2 rings (SSSR count). The fourth-order valence-corrected chi connectivity index (χ4v) is 1.54. The maximum Gasteiger partial charge on any atom is 0.390 e. The highest BCUT2D eigenvalue weighted by atomic mass is 79.9. The molecular weight excluding hydrogens is 313 g/mol. The largest absolute Gasteiger partial charge is 0.390 e. The second-order valence-corrected chi connectivity index (χ2v) is 4.50. The van der Waals surface area contributed by atoms with Crippen LogP contribution in [0.3, 0.4) is 0 Å². The van der Waals surface area contributed by atoms with Crippen LogP contribution < -0.4 is 0 Å². The van der Waals surface area contributed by atoms with Gasteiger partial charge in [-0.05, 0) is 29.5 Å². The van der Waals surface area contributed by atoms with Gasteiger partial charge in [-0.25, -0.2) is 0 Å². The summed E-state index contributed by atoms with van der Waals surface area (Å²) in [7, 11) is 0. The molecule has 0 atom stereocenters. The summed E-state index contributed by atoms with van der Waals surface area (Å²) in [6.07, 6.45) is -5.19. The van der Waals surface area contributed by atoms with Gasteiger partial charge in [0, 0.05) is 10.0 Å². The van der Waals surface area contributed by atoms with Crippen molar-refractivity contribution in [2.75, 3.05) is 0 Å². The predicted molar refractivity (Wildman–Crippen MR) is 61.6 cm³/mol. The second-order valence-electron chi connectivity index (χ2n) is 3.58. The molecule has 0 saturated carbocycles. The summed E-state index contributed by atoms with van der Waals surface area (Å²) in [6.45, 7) is -0.326. The van der Waals surface area contributed by atoms with Gasteiger partial charge in [0.2, 0.25) is 5.82 Å². The third-order valence-corrected chi connectivity index (χ3v) is 2.68. The van der Waals surface area contributed by atoms with E-state index in [4.69, 9.17) is 0 Å². The monoisotopic (exact) mass is 320 g/mol. The Hall–Kier alpha value is -1.44. The van der Waals surface area contributed by atoms with Gasteiger partial charge in [-0.3, -0.25) is 0 Å². The summed E-state index contributed by atoms with van der Waals surface area (Å²) in [4.78, 5) is 0.949. The van der Waals surface area contributed by atoms with E-state index in [2.05, 4.69) is 31.3 Å². The van der Waals surface area contributed by atoms with E-state index in [-0.39, 0.29) is 6.54 Å². The molecule has 0 bridgehead atoms. The lowest BCUT2D eigenvalue weighted by Crippen LogP contribution is -2.14. The molecule has 0 fully saturated rings. The van der Waals surface area contributed by atoms with E-state index in [0.29, 0.717) is 11.4 Å². The highest BCUT2D eigenvalue weighted by Gasteiger charge is 2.27. The standard InChI is InChI=1S/C10H8BrF3N4/c11-8-3-1-7(2-4-8)9-15-17-18(16-9)6-5-10(12,13)14/h1-4H,5-6H2. The van der Waals surface area contributed by atoms with Crippen LogP contribution in [0.15, 0.2) is 28.7 Å². The second kappa shape index (κ2) is 5.05. The van der Waals surface area contributed by atoms with Gasteiger partial charge in [0.05, 0.1) is 13.0 Å². The predicted octanol–water partition coefficient (Wildman–Crippen LogP) is 3.06. The van der Waals surface area contributed by atoms with E-state index in [1.165, 1.54) is 0 Å². The zero-order valence-corrected chi connectivity index (χ0v) is 10.6. The molecule has 0 aliphatic carbocycles. The third-order valence-electron chi connectivity index (χ3n) is 2.15. The van der Waals surface area contributed by atoms with Gasteiger partial charge >= 0.3 is 6.18 Å². The molecule has 4 nitrogen and oxygen atoms in total. The first-order chi connectivity index (χ1) is 8.44. The normalized spacial score (nSPS) is 11.8. The van der Waals surface area contributed by atoms with Gasteiger partial charge in [0.1, 0.15) is 0 Å². The number of hydrogen-bond donors (Lipinski definition) is 0. The molecule has 1 aromatic carbocycles. The van der Waals surface area contributed by atoms with Crippen molar-refractivity contribution < 1.29 is 13.2 Å². The molecule has 0 saturated heterocycles. The van der Waals surface area contributed by atoms with Crippen molar-refractivity contribution in [3.63, 3.8) is 0 Å². The molecule has 1 heterocycles. The highest BCUT2D eigenvalue weighted by molar-refractivity contribution is 9.10. The van der Waals surface area contributed by atoms with E-state index in [1.54, 1.807) is 24.3 Å². The smallest absolute Gasteiger partial charge is 0.171 e. The van der Waals surface area contributed by atoms with Crippen molar-refractivity contribution in [3.8, 4) is 11.4 Å². The number of alkyl halides is 3. The molecule has 1 aromatic heterocycles. The lowest BCUT2D eigenvalue weighted by atomic mass is 10.2. The zero-order chi connectivity index (χ0) is 13.2. The molecule has 0 spiro atoms. The Balaban J connectivity index is 2.08. The van der Waals surface area contributed by atoms with Crippen LogP contribution in [0.2, 0.25) is 0 Å². The number of aryl methyl sites for hydroxylation is 1. The van der Waals surface area contributed by atoms with Crippen LogP contribution in [0.25, 0.3) is 11.4 Å². The summed E-state index contributed by atoms with van der Waals surface area (Å²) in [5.74, 6) is 0.310. The number of benzene rings is 1. The van der Waals surface area contributed by atoms with Gasteiger partial charge in [-0.15, -0.1) is 10.2 Å². The van der Waals surface area contributed by atoms with Crippen molar-refractivity contribution >= 4 is 15.9 Å². The number of halogens is 4. The topological polar surface area (TPSA) is 43.6 Å². The Morgan fingerprint density at radius 1 is 1.17 bits per heavy atom. The van der Waals surface area contributed by atoms with Crippen LogP contribution in [0.1, 0.15) is 6.42 Å². The van der Waals surface area contributed by atoms with Crippen LogP contribution in [0.5, 0.6) is 0 Å². The molecule has 18 heavy (non-hydrogen) atoms. The SMILES string of the molecule is FC(F)(F)CCn1nnc(-c2ccc(Br)cc2)n1. The molecule has 0 N–H and O–H groups in total. The minimum absolute atomic E-state index is 0.310. The summed E-state index contributed by atoms with van der Waals surface area (Å²) in [5, 5.41) is 11.2. The Kier molecular flexibility index (Phi) is 3.65. The molecule has 2 aromatic rings. The van der Waals surface area contributed by atoms with Crippen molar-refractivity contribution in [1.82, 2.24) is 20.2 Å². The van der Waals surface area contributed by atoms with Crippen LogP contribution >= 0.6 is 15.9 Å². The first-order valence-electron chi connectivity index (χ1n) is 5.04. The molecule has 96 valence electrons. The Bertz CT molecular complexity index is 521. The lowest BCUT2D eigenvalue weighted by Gasteiger charge is -2.03. The molecule has 0 aliphatic rings. The van der Waals surface area contributed by atoms with Crippen molar-refractivity contribution in [2.45, 2.75) is 19.1 Å². The number of aromatic nitrogens is 4. The van der Waals surface area contributed by atoms with Gasteiger partial charge in [0.15, 0.2) is 0 Å². The molecule has 0 amide bonds. The lowest BCUT2D eigenvalue weighted by molar-refractivity contribution is -0.137. The average Bonchev–Trinajstić information content (AvgIpc) is 2.75. The molecule has 8 heteroatoms. The minimum atomic E-state index is -4.22. The summed E-state index contributed by atoms with van der Waals surface area (Å²) >= 11 is 3.28. The fourth-order valence-electron chi connectivity index (χ4n) is 1.28. The fraction of sp³-hybridized carbons (Fsp3) is 0.300. The maximum absolute atomic E-state index is 12.0. The molecular formula is C10H8BrF3N4. The van der Waals surface area contributed by atoms with Gasteiger partial charge in [0.25, 0.3) is 0 Å². The highest BCUT2D eigenvalue weighted by Crippen LogP contribution is 2.20. The number of tetrazole rings is 1. The van der Waals surface area contributed by atoms with Crippen LogP contribution in [0.4, 0.5) is 13.2 Å². The molecule has 0 radical (unpaired) electrons. The minimum Gasteiger partial charge on any atom is -0.171 e. The average molecular weight is 321 g/mol. The summed E-state index contributed by atoms with van der Waals surface area (Å²) in [5.41, 5.74) is 0.705. The van der Waals surface area contributed by atoms with Gasteiger partial charge in [-0.2, -0.15) is 18.0 Å². The van der Waals surface area contributed by atoms with E-state index in [0.717, 1.165) is 9.27 Å². The Morgan fingerprint density at radius 3 is 2.44 bits per heavy atom. The third kappa shape index (κ3) is 3.52. The Morgan fingerprint density at radius 2 is 1.83 bits per heavy atom. The number of rotatable bonds is 3.